The predicted molar refractivity (Wildman–Crippen MR) is 75.1 cm³/mol. The number of imidazole rings is 1. The van der Waals surface area contributed by atoms with Gasteiger partial charge in [0.15, 0.2) is 0 Å². The lowest BCUT2D eigenvalue weighted by Gasteiger charge is -2.31. The first-order valence-corrected chi connectivity index (χ1v) is 7.61. The van der Waals surface area contributed by atoms with Crippen molar-refractivity contribution in [1.29, 1.82) is 0 Å². The lowest BCUT2D eigenvalue weighted by atomic mass is 9.92. The molecule has 2 heterocycles. The molecule has 1 aromatic heterocycles. The summed E-state index contributed by atoms with van der Waals surface area (Å²) in [7, 11) is 1.84. The highest BCUT2D eigenvalue weighted by molar-refractivity contribution is 4.97. The summed E-state index contributed by atoms with van der Waals surface area (Å²) >= 11 is 0. The van der Waals surface area contributed by atoms with Gasteiger partial charge in [-0.25, -0.2) is 4.98 Å². The summed E-state index contributed by atoms with van der Waals surface area (Å²) in [4.78, 5) is 4.39. The van der Waals surface area contributed by atoms with Crippen LogP contribution in [-0.2, 0) is 17.7 Å². The Bertz CT molecular complexity index is 396. The Balaban J connectivity index is 1.42. The van der Waals surface area contributed by atoms with Crippen LogP contribution in [0.5, 0.6) is 0 Å². The number of ether oxygens (including phenoxy) is 1. The molecule has 0 spiro atoms. The van der Waals surface area contributed by atoms with E-state index in [9.17, 15) is 0 Å². The molecule has 19 heavy (non-hydrogen) atoms. The molecule has 3 rings (SSSR count). The summed E-state index contributed by atoms with van der Waals surface area (Å²) in [6, 6.07) is 0.704. The van der Waals surface area contributed by atoms with Crippen LogP contribution >= 0.6 is 0 Å². The summed E-state index contributed by atoms with van der Waals surface area (Å²) in [5.41, 5.74) is 0. The van der Waals surface area contributed by atoms with Crippen LogP contribution in [0.3, 0.4) is 0 Å². The Morgan fingerprint density at radius 2 is 2.16 bits per heavy atom. The molecule has 0 unspecified atom stereocenters. The Kier molecular flexibility index (Phi) is 4.18. The lowest BCUT2D eigenvalue weighted by molar-refractivity contribution is 0.0618. The zero-order valence-corrected chi connectivity index (χ0v) is 11.8. The molecule has 0 radical (unpaired) electrons. The Hall–Kier alpha value is -0.870. The number of rotatable bonds is 4. The van der Waals surface area contributed by atoms with Gasteiger partial charge < -0.3 is 14.6 Å². The zero-order valence-electron chi connectivity index (χ0n) is 11.8. The molecule has 4 heteroatoms. The van der Waals surface area contributed by atoms with Crippen molar-refractivity contribution in [2.75, 3.05) is 13.7 Å². The molecule has 1 saturated carbocycles. The first kappa shape index (κ1) is 13.1. The van der Waals surface area contributed by atoms with E-state index in [1.165, 1.54) is 37.9 Å². The molecule has 1 aliphatic heterocycles. The Morgan fingerprint density at radius 3 is 2.95 bits per heavy atom. The number of methoxy groups -OCH3 is 1. The summed E-state index contributed by atoms with van der Waals surface area (Å²) in [6.07, 6.45) is 11.9. The molecule has 1 N–H and O–H groups in total. The number of fused-ring (bicyclic) bond motifs is 1. The van der Waals surface area contributed by atoms with Gasteiger partial charge in [-0.1, -0.05) is 0 Å². The van der Waals surface area contributed by atoms with Crippen molar-refractivity contribution in [3.8, 4) is 0 Å². The number of aromatic nitrogens is 2. The van der Waals surface area contributed by atoms with E-state index in [1.54, 1.807) is 0 Å². The minimum absolute atomic E-state index is 0.501. The van der Waals surface area contributed by atoms with E-state index in [4.69, 9.17) is 4.74 Å². The number of aryl methyl sites for hydroxylation is 1. The van der Waals surface area contributed by atoms with Gasteiger partial charge in [-0.3, -0.25) is 0 Å². The highest BCUT2D eigenvalue weighted by atomic mass is 16.5. The van der Waals surface area contributed by atoms with Crippen LogP contribution < -0.4 is 5.32 Å². The second kappa shape index (κ2) is 6.06. The van der Waals surface area contributed by atoms with Crippen LogP contribution in [0.1, 0.15) is 37.9 Å². The molecule has 0 aromatic carbocycles. The zero-order chi connectivity index (χ0) is 13.1. The van der Waals surface area contributed by atoms with Crippen molar-refractivity contribution in [2.24, 2.45) is 5.92 Å². The van der Waals surface area contributed by atoms with Crippen LogP contribution in [0.25, 0.3) is 0 Å². The molecule has 1 aromatic rings. The maximum atomic E-state index is 5.43. The third-order valence-electron chi connectivity index (χ3n) is 4.74. The first-order chi connectivity index (χ1) is 9.35. The summed E-state index contributed by atoms with van der Waals surface area (Å²) in [5.74, 6) is 2.03. The molecule has 0 saturated heterocycles. The van der Waals surface area contributed by atoms with Gasteiger partial charge in [-0.05, 0) is 44.6 Å². The third kappa shape index (κ3) is 3.18. The molecule has 0 amide bonds. The van der Waals surface area contributed by atoms with Gasteiger partial charge in [0.25, 0.3) is 0 Å². The van der Waals surface area contributed by atoms with Crippen LogP contribution in [0.4, 0.5) is 0 Å². The van der Waals surface area contributed by atoms with Crippen molar-refractivity contribution in [3.05, 3.63) is 18.2 Å². The van der Waals surface area contributed by atoms with Gasteiger partial charge in [-0.2, -0.15) is 0 Å². The molecule has 1 aliphatic carbocycles. The number of hydrogen-bond acceptors (Lipinski definition) is 3. The first-order valence-electron chi connectivity index (χ1n) is 7.61. The van der Waals surface area contributed by atoms with Crippen molar-refractivity contribution >= 4 is 0 Å². The fraction of sp³-hybridized carbons (Fsp3) is 0.800. The molecule has 106 valence electrons. The van der Waals surface area contributed by atoms with Crippen molar-refractivity contribution in [2.45, 2.75) is 57.2 Å². The van der Waals surface area contributed by atoms with E-state index in [0.29, 0.717) is 12.1 Å². The van der Waals surface area contributed by atoms with E-state index in [2.05, 4.69) is 21.1 Å². The van der Waals surface area contributed by atoms with Crippen LogP contribution in [0, 0.1) is 5.92 Å². The average molecular weight is 263 g/mol. The molecule has 0 bridgehead atoms. The second-order valence-corrected chi connectivity index (χ2v) is 6.02. The monoisotopic (exact) mass is 263 g/mol. The van der Waals surface area contributed by atoms with E-state index in [1.807, 2.05) is 13.3 Å². The van der Waals surface area contributed by atoms with E-state index < -0.39 is 0 Å². The van der Waals surface area contributed by atoms with Gasteiger partial charge in [-0.15, -0.1) is 0 Å². The molecule has 2 aliphatic rings. The van der Waals surface area contributed by atoms with Gasteiger partial charge in [0.1, 0.15) is 5.82 Å². The average Bonchev–Trinajstić information content (AvgIpc) is 2.93. The van der Waals surface area contributed by atoms with E-state index in [0.717, 1.165) is 25.4 Å². The lowest BCUT2D eigenvalue weighted by Crippen LogP contribution is -2.39. The molecule has 4 nitrogen and oxygen atoms in total. The molecular formula is C15H25N3O. The van der Waals surface area contributed by atoms with Crippen LogP contribution in [0.2, 0.25) is 0 Å². The maximum absolute atomic E-state index is 5.43. The Morgan fingerprint density at radius 1 is 1.32 bits per heavy atom. The molecule has 1 atom stereocenters. The van der Waals surface area contributed by atoms with Gasteiger partial charge in [0.05, 0.1) is 6.10 Å². The van der Waals surface area contributed by atoms with Gasteiger partial charge in [0, 0.05) is 38.5 Å². The van der Waals surface area contributed by atoms with Crippen molar-refractivity contribution in [3.63, 3.8) is 0 Å². The summed E-state index contributed by atoms with van der Waals surface area (Å²) in [6.45, 7) is 2.29. The topological polar surface area (TPSA) is 39.1 Å². The SMILES string of the molecule is COC1CCC(NC[C@H]2CCc3nccn3C2)CC1. The minimum atomic E-state index is 0.501. The maximum Gasteiger partial charge on any atom is 0.108 e. The number of nitrogens with one attached hydrogen (secondary N) is 1. The van der Waals surface area contributed by atoms with Crippen LogP contribution in [0.15, 0.2) is 12.4 Å². The van der Waals surface area contributed by atoms with Crippen molar-refractivity contribution < 1.29 is 4.74 Å². The summed E-state index contributed by atoms with van der Waals surface area (Å²) in [5, 5.41) is 3.77. The van der Waals surface area contributed by atoms with Gasteiger partial charge in [0.2, 0.25) is 0 Å². The van der Waals surface area contributed by atoms with Crippen LogP contribution in [-0.4, -0.2) is 35.4 Å². The fourth-order valence-electron chi connectivity index (χ4n) is 3.44. The standard InChI is InChI=1S/C15H25N3O/c1-19-14-5-3-13(4-6-14)17-10-12-2-7-15-16-8-9-18(15)11-12/h8-9,12-14,17H,2-7,10-11H2,1H3/t12-,13?,14?/m1/s1. The van der Waals surface area contributed by atoms with E-state index in [-0.39, 0.29) is 0 Å². The normalized spacial score (nSPS) is 31.1. The van der Waals surface area contributed by atoms with E-state index >= 15 is 0 Å². The number of nitrogens with zero attached hydrogens (tertiary/aromatic N) is 2. The quantitative estimate of drug-likeness (QED) is 0.903. The summed E-state index contributed by atoms with van der Waals surface area (Å²) < 4.78 is 7.74. The number of hydrogen-bond donors (Lipinski definition) is 1. The molecule has 1 fully saturated rings. The minimum Gasteiger partial charge on any atom is -0.381 e. The molecular weight excluding hydrogens is 238 g/mol. The predicted octanol–water partition coefficient (Wildman–Crippen LogP) is 1.99. The second-order valence-electron chi connectivity index (χ2n) is 6.02. The van der Waals surface area contributed by atoms with Crippen molar-refractivity contribution in [1.82, 2.24) is 14.9 Å². The largest absolute Gasteiger partial charge is 0.381 e. The smallest absolute Gasteiger partial charge is 0.108 e. The fourth-order valence-corrected chi connectivity index (χ4v) is 3.44. The Labute approximate surface area is 115 Å². The highest BCUT2D eigenvalue weighted by Crippen LogP contribution is 2.22. The van der Waals surface area contributed by atoms with Gasteiger partial charge >= 0.3 is 0 Å². The third-order valence-corrected chi connectivity index (χ3v) is 4.74. The highest BCUT2D eigenvalue weighted by Gasteiger charge is 2.23.